The highest BCUT2D eigenvalue weighted by molar-refractivity contribution is 7.87. The van der Waals surface area contributed by atoms with E-state index in [1.165, 1.54) is 9.87 Å². The maximum absolute atomic E-state index is 12.3. The maximum atomic E-state index is 12.3. The number of H-pyrrole nitrogens is 1. The molecular weight excluding hydrogens is 288 g/mol. The van der Waals surface area contributed by atoms with Crippen LogP contribution >= 0.6 is 0 Å². The van der Waals surface area contributed by atoms with Crippen LogP contribution in [0.2, 0.25) is 0 Å². The van der Waals surface area contributed by atoms with Crippen molar-refractivity contribution in [2.45, 2.75) is 19.4 Å². The molecule has 7 heteroatoms. The van der Waals surface area contributed by atoms with Gasteiger partial charge in [0.15, 0.2) is 0 Å². The Labute approximate surface area is 124 Å². The van der Waals surface area contributed by atoms with Gasteiger partial charge in [0.1, 0.15) is 0 Å². The van der Waals surface area contributed by atoms with Crippen LogP contribution in [0.5, 0.6) is 0 Å². The molecule has 0 atom stereocenters. The molecule has 1 aliphatic heterocycles. The summed E-state index contributed by atoms with van der Waals surface area (Å²) in [5.74, 6) is 0. The molecule has 0 bridgehead atoms. The quantitative estimate of drug-likeness (QED) is 0.859. The van der Waals surface area contributed by atoms with Crippen molar-refractivity contribution < 1.29 is 8.42 Å². The summed E-state index contributed by atoms with van der Waals surface area (Å²) in [6.45, 7) is 1.33. The van der Waals surface area contributed by atoms with Crippen LogP contribution in [0.3, 0.4) is 0 Å². The highest BCUT2D eigenvalue weighted by Crippen LogP contribution is 2.20. The van der Waals surface area contributed by atoms with Gasteiger partial charge in [0.25, 0.3) is 10.2 Å². The number of fused-ring (bicyclic) bond motifs is 1. The largest absolute Gasteiger partial charge is 0.348 e. The van der Waals surface area contributed by atoms with Crippen molar-refractivity contribution in [2.24, 2.45) is 0 Å². The van der Waals surface area contributed by atoms with Crippen LogP contribution in [0, 0.1) is 0 Å². The standard InChI is InChI=1S/C14H18N4O2S/c19-21(20,17-7-5-14-9-15-11-16-14)18-8-6-12-3-1-2-4-13(12)10-18/h1-4,9,11,17H,5-8,10H2,(H,15,16). The Balaban J connectivity index is 1.61. The van der Waals surface area contributed by atoms with Crippen LogP contribution in [-0.4, -0.2) is 35.8 Å². The second kappa shape index (κ2) is 5.97. The molecule has 2 aromatic rings. The lowest BCUT2D eigenvalue weighted by Gasteiger charge is -2.28. The van der Waals surface area contributed by atoms with Gasteiger partial charge in [-0.3, -0.25) is 0 Å². The van der Waals surface area contributed by atoms with Gasteiger partial charge in [-0.05, 0) is 17.5 Å². The smallest absolute Gasteiger partial charge is 0.279 e. The van der Waals surface area contributed by atoms with Crippen molar-refractivity contribution >= 4 is 10.2 Å². The minimum atomic E-state index is -3.43. The zero-order valence-corrected chi connectivity index (χ0v) is 12.4. The van der Waals surface area contributed by atoms with Crippen molar-refractivity contribution in [1.82, 2.24) is 19.0 Å². The fraction of sp³-hybridized carbons (Fsp3) is 0.357. The van der Waals surface area contributed by atoms with Gasteiger partial charge in [0, 0.05) is 37.9 Å². The number of aromatic amines is 1. The van der Waals surface area contributed by atoms with Crippen LogP contribution in [0.15, 0.2) is 36.8 Å². The molecule has 1 aliphatic rings. The summed E-state index contributed by atoms with van der Waals surface area (Å²) >= 11 is 0. The molecule has 112 valence electrons. The number of hydrogen-bond acceptors (Lipinski definition) is 3. The third kappa shape index (κ3) is 3.31. The van der Waals surface area contributed by atoms with Gasteiger partial charge in [-0.1, -0.05) is 24.3 Å². The average Bonchev–Trinajstić information content (AvgIpc) is 3.00. The summed E-state index contributed by atoms with van der Waals surface area (Å²) in [5.41, 5.74) is 3.24. The van der Waals surface area contributed by atoms with Crippen molar-refractivity contribution in [3.63, 3.8) is 0 Å². The molecule has 0 fully saturated rings. The molecule has 0 amide bonds. The lowest BCUT2D eigenvalue weighted by atomic mass is 10.0. The van der Waals surface area contributed by atoms with Crippen molar-refractivity contribution in [2.75, 3.05) is 13.1 Å². The monoisotopic (exact) mass is 306 g/mol. The van der Waals surface area contributed by atoms with Crippen LogP contribution < -0.4 is 4.72 Å². The molecule has 2 heterocycles. The van der Waals surface area contributed by atoms with E-state index in [0.29, 0.717) is 26.1 Å². The Bertz CT molecular complexity index is 698. The van der Waals surface area contributed by atoms with E-state index in [1.54, 1.807) is 12.5 Å². The molecule has 21 heavy (non-hydrogen) atoms. The Kier molecular flexibility index (Phi) is 4.05. The summed E-state index contributed by atoms with van der Waals surface area (Å²) < 4.78 is 28.8. The molecule has 0 saturated heterocycles. The number of imidazole rings is 1. The van der Waals surface area contributed by atoms with E-state index in [2.05, 4.69) is 20.8 Å². The van der Waals surface area contributed by atoms with E-state index in [0.717, 1.165) is 17.7 Å². The first-order valence-electron chi connectivity index (χ1n) is 6.94. The number of nitrogens with one attached hydrogen (secondary N) is 2. The van der Waals surface area contributed by atoms with E-state index >= 15 is 0 Å². The van der Waals surface area contributed by atoms with E-state index < -0.39 is 10.2 Å². The number of nitrogens with zero attached hydrogens (tertiary/aromatic N) is 2. The van der Waals surface area contributed by atoms with Crippen molar-refractivity contribution in [1.29, 1.82) is 0 Å². The van der Waals surface area contributed by atoms with Gasteiger partial charge in [-0.25, -0.2) is 9.71 Å². The average molecular weight is 306 g/mol. The van der Waals surface area contributed by atoms with Gasteiger partial charge >= 0.3 is 0 Å². The van der Waals surface area contributed by atoms with Crippen LogP contribution in [0.1, 0.15) is 16.8 Å². The zero-order chi connectivity index (χ0) is 14.7. The zero-order valence-electron chi connectivity index (χ0n) is 11.6. The van der Waals surface area contributed by atoms with Gasteiger partial charge in [0.05, 0.1) is 6.33 Å². The highest BCUT2D eigenvalue weighted by atomic mass is 32.2. The van der Waals surface area contributed by atoms with Crippen LogP contribution in [0.4, 0.5) is 0 Å². The normalized spacial score (nSPS) is 15.8. The topological polar surface area (TPSA) is 78.1 Å². The van der Waals surface area contributed by atoms with Crippen molar-refractivity contribution in [3.8, 4) is 0 Å². The summed E-state index contributed by atoms with van der Waals surface area (Å²) in [6.07, 6.45) is 4.65. The molecule has 6 nitrogen and oxygen atoms in total. The lowest BCUT2D eigenvalue weighted by molar-refractivity contribution is 0.384. The van der Waals surface area contributed by atoms with Gasteiger partial charge < -0.3 is 4.98 Å². The first-order chi connectivity index (χ1) is 10.1. The Morgan fingerprint density at radius 1 is 1.29 bits per heavy atom. The van der Waals surface area contributed by atoms with E-state index in [1.807, 2.05) is 18.2 Å². The molecular formula is C14H18N4O2S. The van der Waals surface area contributed by atoms with Crippen molar-refractivity contribution in [3.05, 3.63) is 53.6 Å². The van der Waals surface area contributed by atoms with E-state index in [-0.39, 0.29) is 0 Å². The Hall–Kier alpha value is -1.70. The molecule has 0 saturated carbocycles. The highest BCUT2D eigenvalue weighted by Gasteiger charge is 2.25. The number of rotatable bonds is 5. The van der Waals surface area contributed by atoms with Crippen LogP contribution in [-0.2, 0) is 29.6 Å². The molecule has 0 aliphatic carbocycles. The molecule has 0 radical (unpaired) electrons. The Morgan fingerprint density at radius 2 is 2.10 bits per heavy atom. The van der Waals surface area contributed by atoms with Crippen LogP contribution in [0.25, 0.3) is 0 Å². The number of benzene rings is 1. The fourth-order valence-electron chi connectivity index (χ4n) is 2.50. The fourth-order valence-corrected chi connectivity index (χ4v) is 3.69. The van der Waals surface area contributed by atoms with Gasteiger partial charge in [-0.15, -0.1) is 0 Å². The number of hydrogen-bond donors (Lipinski definition) is 2. The molecule has 1 aromatic heterocycles. The van der Waals surface area contributed by atoms with E-state index in [4.69, 9.17) is 0 Å². The molecule has 2 N–H and O–H groups in total. The second-order valence-corrected chi connectivity index (χ2v) is 6.83. The SMILES string of the molecule is O=S(=O)(NCCc1cnc[nH]1)N1CCc2ccccc2C1. The lowest BCUT2D eigenvalue weighted by Crippen LogP contribution is -2.43. The molecule has 0 unspecified atom stereocenters. The summed E-state index contributed by atoms with van der Waals surface area (Å²) in [5, 5.41) is 0. The predicted molar refractivity (Wildman–Crippen MR) is 79.8 cm³/mol. The summed E-state index contributed by atoms with van der Waals surface area (Å²) in [7, 11) is -3.43. The summed E-state index contributed by atoms with van der Waals surface area (Å²) in [6, 6.07) is 7.98. The first kappa shape index (κ1) is 14.2. The minimum Gasteiger partial charge on any atom is -0.348 e. The summed E-state index contributed by atoms with van der Waals surface area (Å²) in [4.78, 5) is 6.87. The first-order valence-corrected chi connectivity index (χ1v) is 8.38. The molecule has 3 rings (SSSR count). The van der Waals surface area contributed by atoms with Gasteiger partial charge in [0.2, 0.25) is 0 Å². The second-order valence-electron chi connectivity index (χ2n) is 5.08. The van der Waals surface area contributed by atoms with E-state index in [9.17, 15) is 8.42 Å². The Morgan fingerprint density at radius 3 is 2.86 bits per heavy atom. The molecule has 0 spiro atoms. The third-order valence-electron chi connectivity index (χ3n) is 3.67. The third-order valence-corrected chi connectivity index (χ3v) is 5.23. The number of aromatic nitrogens is 2. The predicted octanol–water partition coefficient (Wildman–Crippen LogP) is 0.845. The minimum absolute atomic E-state index is 0.364. The van der Waals surface area contributed by atoms with Gasteiger partial charge in [-0.2, -0.15) is 12.7 Å². The maximum Gasteiger partial charge on any atom is 0.279 e. The molecule has 1 aromatic carbocycles.